The maximum Gasteiger partial charge on any atom is 0.216 e. The van der Waals surface area contributed by atoms with Crippen molar-refractivity contribution in [2.24, 2.45) is 5.10 Å². The largest absolute Gasteiger partial charge is 0.493 e. The van der Waals surface area contributed by atoms with E-state index in [0.29, 0.717) is 16.3 Å². The van der Waals surface area contributed by atoms with E-state index in [1.165, 1.54) is 0 Å². The highest BCUT2D eigenvalue weighted by molar-refractivity contribution is 7.71. The Labute approximate surface area is 134 Å². The van der Waals surface area contributed by atoms with Crippen LogP contribution in [0.3, 0.4) is 0 Å². The SMILES string of the molecule is CCCCc1n[nH]c(=S)n1/N=C\c1ccc(OC)c(OC)c1. The van der Waals surface area contributed by atoms with Gasteiger partial charge in [0.05, 0.1) is 20.4 Å². The van der Waals surface area contributed by atoms with E-state index in [0.717, 1.165) is 30.7 Å². The molecule has 0 spiro atoms. The fraction of sp³-hybridized carbons (Fsp3) is 0.400. The van der Waals surface area contributed by atoms with Crippen molar-refractivity contribution in [3.63, 3.8) is 0 Å². The molecule has 7 heteroatoms. The summed E-state index contributed by atoms with van der Waals surface area (Å²) >= 11 is 5.21. The number of H-pyrrole nitrogens is 1. The summed E-state index contributed by atoms with van der Waals surface area (Å²) in [5.74, 6) is 2.18. The Kier molecular flexibility index (Phi) is 5.71. The predicted octanol–water partition coefficient (Wildman–Crippen LogP) is 3.18. The Balaban J connectivity index is 2.25. The first-order valence-corrected chi connectivity index (χ1v) is 7.53. The summed E-state index contributed by atoms with van der Waals surface area (Å²) in [7, 11) is 3.21. The van der Waals surface area contributed by atoms with Crippen LogP contribution in [0.4, 0.5) is 0 Å². The van der Waals surface area contributed by atoms with Gasteiger partial charge in [0.2, 0.25) is 4.77 Å². The Morgan fingerprint density at radius 1 is 1.32 bits per heavy atom. The fourth-order valence-electron chi connectivity index (χ4n) is 2.00. The van der Waals surface area contributed by atoms with Crippen LogP contribution in [0, 0.1) is 4.77 Å². The lowest BCUT2D eigenvalue weighted by molar-refractivity contribution is 0.355. The van der Waals surface area contributed by atoms with Gasteiger partial charge in [-0.25, -0.2) is 0 Å². The van der Waals surface area contributed by atoms with E-state index in [1.807, 2.05) is 18.2 Å². The van der Waals surface area contributed by atoms with Gasteiger partial charge in [0.1, 0.15) is 0 Å². The summed E-state index contributed by atoms with van der Waals surface area (Å²) < 4.78 is 12.6. The number of aromatic amines is 1. The third-order valence-electron chi connectivity index (χ3n) is 3.20. The van der Waals surface area contributed by atoms with Gasteiger partial charge >= 0.3 is 0 Å². The number of unbranched alkanes of at least 4 members (excludes halogenated alkanes) is 1. The minimum Gasteiger partial charge on any atom is -0.493 e. The van der Waals surface area contributed by atoms with Gasteiger partial charge in [0, 0.05) is 6.42 Å². The summed E-state index contributed by atoms with van der Waals surface area (Å²) in [6.07, 6.45) is 4.71. The van der Waals surface area contributed by atoms with Gasteiger partial charge in [0.15, 0.2) is 17.3 Å². The molecule has 1 heterocycles. The molecule has 0 saturated heterocycles. The van der Waals surface area contributed by atoms with Crippen LogP contribution >= 0.6 is 12.2 Å². The number of aromatic nitrogens is 3. The van der Waals surface area contributed by atoms with Crippen LogP contribution in [0.1, 0.15) is 31.2 Å². The fourth-order valence-corrected chi connectivity index (χ4v) is 2.20. The molecule has 118 valence electrons. The van der Waals surface area contributed by atoms with E-state index in [4.69, 9.17) is 21.7 Å². The molecule has 0 amide bonds. The zero-order valence-corrected chi connectivity index (χ0v) is 13.8. The standard InChI is InChI=1S/C15H20N4O2S/c1-4-5-6-14-17-18-15(22)19(14)16-10-11-7-8-12(20-2)13(9-11)21-3/h7-10H,4-6H2,1-3H3,(H,18,22)/b16-10-. The number of rotatable bonds is 7. The molecule has 2 aromatic rings. The lowest BCUT2D eigenvalue weighted by Gasteiger charge is -2.07. The third kappa shape index (κ3) is 3.73. The lowest BCUT2D eigenvalue weighted by Crippen LogP contribution is -1.99. The van der Waals surface area contributed by atoms with Crippen LogP contribution in [-0.4, -0.2) is 35.3 Å². The van der Waals surface area contributed by atoms with Crippen molar-refractivity contribution in [3.8, 4) is 11.5 Å². The normalized spacial score (nSPS) is 11.0. The second-order valence-corrected chi connectivity index (χ2v) is 5.11. The molecule has 2 rings (SSSR count). The molecule has 0 atom stereocenters. The highest BCUT2D eigenvalue weighted by Crippen LogP contribution is 2.26. The molecule has 0 fully saturated rings. The maximum absolute atomic E-state index is 5.28. The summed E-state index contributed by atoms with van der Waals surface area (Å²) in [6, 6.07) is 5.60. The van der Waals surface area contributed by atoms with Crippen LogP contribution in [-0.2, 0) is 6.42 Å². The van der Waals surface area contributed by atoms with Gasteiger partial charge < -0.3 is 9.47 Å². The smallest absolute Gasteiger partial charge is 0.216 e. The van der Waals surface area contributed by atoms with Crippen LogP contribution in [0.2, 0.25) is 0 Å². The van der Waals surface area contributed by atoms with Crippen LogP contribution in [0.25, 0.3) is 0 Å². The number of aryl methyl sites for hydroxylation is 1. The van der Waals surface area contributed by atoms with Gasteiger partial charge in [-0.1, -0.05) is 13.3 Å². The number of methoxy groups -OCH3 is 2. The van der Waals surface area contributed by atoms with Crippen LogP contribution < -0.4 is 9.47 Å². The molecule has 6 nitrogen and oxygen atoms in total. The minimum atomic E-state index is 0.489. The number of hydrogen-bond acceptors (Lipinski definition) is 5. The first-order chi connectivity index (χ1) is 10.7. The molecule has 1 N–H and O–H groups in total. The summed E-state index contributed by atoms with van der Waals surface area (Å²) in [5, 5.41) is 11.4. The third-order valence-corrected chi connectivity index (χ3v) is 3.47. The minimum absolute atomic E-state index is 0.489. The van der Waals surface area contributed by atoms with Crippen molar-refractivity contribution in [1.29, 1.82) is 0 Å². The van der Waals surface area contributed by atoms with Crippen molar-refractivity contribution in [2.45, 2.75) is 26.2 Å². The first kappa shape index (κ1) is 16.2. The molecule has 0 saturated carbocycles. The van der Waals surface area contributed by atoms with Crippen molar-refractivity contribution in [2.75, 3.05) is 14.2 Å². The molecule has 0 unspecified atom stereocenters. The Morgan fingerprint density at radius 2 is 2.09 bits per heavy atom. The van der Waals surface area contributed by atoms with Crippen molar-refractivity contribution >= 4 is 18.4 Å². The summed E-state index contributed by atoms with van der Waals surface area (Å²) in [5.41, 5.74) is 0.891. The second-order valence-electron chi connectivity index (χ2n) is 4.72. The Morgan fingerprint density at radius 3 is 2.77 bits per heavy atom. The summed E-state index contributed by atoms with van der Waals surface area (Å²) in [6.45, 7) is 2.14. The second kappa shape index (κ2) is 7.74. The predicted molar refractivity (Wildman–Crippen MR) is 88.6 cm³/mol. The molecule has 0 aliphatic carbocycles. The van der Waals surface area contributed by atoms with E-state index in [2.05, 4.69) is 22.2 Å². The number of ether oxygens (including phenoxy) is 2. The van der Waals surface area contributed by atoms with Gasteiger partial charge in [0.25, 0.3) is 0 Å². The zero-order valence-electron chi connectivity index (χ0n) is 13.0. The van der Waals surface area contributed by atoms with Crippen molar-refractivity contribution < 1.29 is 9.47 Å². The van der Waals surface area contributed by atoms with Gasteiger partial charge in [-0.3, -0.25) is 5.10 Å². The molecule has 1 aromatic carbocycles. The van der Waals surface area contributed by atoms with Crippen molar-refractivity contribution in [3.05, 3.63) is 34.4 Å². The van der Waals surface area contributed by atoms with Crippen molar-refractivity contribution in [1.82, 2.24) is 14.9 Å². The van der Waals surface area contributed by atoms with E-state index < -0.39 is 0 Å². The number of nitrogens with one attached hydrogen (secondary N) is 1. The molecule has 0 radical (unpaired) electrons. The van der Waals surface area contributed by atoms with Gasteiger partial charge in [-0.05, 0) is 42.4 Å². The van der Waals surface area contributed by atoms with Crippen LogP contribution in [0.15, 0.2) is 23.3 Å². The number of hydrogen-bond donors (Lipinski definition) is 1. The molecule has 0 bridgehead atoms. The van der Waals surface area contributed by atoms with Crippen LogP contribution in [0.5, 0.6) is 11.5 Å². The van der Waals surface area contributed by atoms with E-state index in [1.54, 1.807) is 25.1 Å². The van der Waals surface area contributed by atoms with E-state index in [-0.39, 0.29) is 0 Å². The highest BCUT2D eigenvalue weighted by Gasteiger charge is 2.05. The molecular formula is C15H20N4O2S. The topological polar surface area (TPSA) is 64.4 Å². The average molecular weight is 320 g/mol. The van der Waals surface area contributed by atoms with Gasteiger partial charge in [-0.15, -0.1) is 0 Å². The molecule has 0 aliphatic rings. The molecular weight excluding hydrogens is 300 g/mol. The Hall–Kier alpha value is -2.15. The lowest BCUT2D eigenvalue weighted by atomic mass is 10.2. The molecule has 22 heavy (non-hydrogen) atoms. The zero-order chi connectivity index (χ0) is 15.9. The number of nitrogens with zero attached hydrogens (tertiary/aromatic N) is 3. The monoisotopic (exact) mass is 320 g/mol. The maximum atomic E-state index is 5.28. The van der Waals surface area contributed by atoms with Gasteiger partial charge in [-0.2, -0.15) is 14.9 Å². The Bertz CT molecular complexity index is 706. The quantitative estimate of drug-likeness (QED) is 0.628. The first-order valence-electron chi connectivity index (χ1n) is 7.12. The average Bonchev–Trinajstić information content (AvgIpc) is 2.90. The number of benzene rings is 1. The highest BCUT2D eigenvalue weighted by atomic mass is 32.1. The molecule has 1 aromatic heterocycles. The van der Waals surface area contributed by atoms with E-state index in [9.17, 15) is 0 Å². The van der Waals surface area contributed by atoms with E-state index >= 15 is 0 Å². The molecule has 0 aliphatic heterocycles. The summed E-state index contributed by atoms with van der Waals surface area (Å²) in [4.78, 5) is 0.